The summed E-state index contributed by atoms with van der Waals surface area (Å²) in [6, 6.07) is 9.90. The Morgan fingerprint density at radius 2 is 1.82 bits per heavy atom. The summed E-state index contributed by atoms with van der Waals surface area (Å²) in [5.41, 5.74) is 5.61. The van der Waals surface area contributed by atoms with Crippen LogP contribution in [0.3, 0.4) is 0 Å². The molecule has 2 aromatic carbocycles. The summed E-state index contributed by atoms with van der Waals surface area (Å²) in [4.78, 5) is 29.3. The maximum atomic E-state index is 13.4. The molecule has 0 aliphatic heterocycles. The molecule has 6 nitrogen and oxygen atoms in total. The van der Waals surface area contributed by atoms with Crippen LogP contribution in [0, 0.1) is 17.0 Å². The molecule has 1 atom stereocenters. The fraction of sp³-hybridized carbons (Fsp3) is 0.320. The number of aryl methyl sites for hydroxylation is 1. The zero-order chi connectivity index (χ0) is 24.7. The maximum Gasteiger partial charge on any atom is 0.412 e. The molecule has 3 aromatic rings. The molecule has 9 heteroatoms. The van der Waals surface area contributed by atoms with Crippen LogP contribution in [0.5, 0.6) is 0 Å². The Bertz CT molecular complexity index is 1190. The van der Waals surface area contributed by atoms with Crippen molar-refractivity contribution in [2.24, 2.45) is 11.1 Å². The minimum absolute atomic E-state index is 0.00636. The Hall–Kier alpha value is -3.10. The zero-order valence-electron chi connectivity index (χ0n) is 18.7. The number of carbonyl (C=O) groups is 2. The molecule has 0 saturated carbocycles. The smallest absolute Gasteiger partial charge is 0.412 e. The van der Waals surface area contributed by atoms with Crippen LogP contribution < -0.4 is 11.1 Å². The molecule has 0 radical (unpaired) electrons. The van der Waals surface area contributed by atoms with Crippen LogP contribution in [0.2, 0.25) is 5.02 Å². The van der Waals surface area contributed by atoms with Gasteiger partial charge in [-0.2, -0.15) is 0 Å². The Morgan fingerprint density at radius 3 is 2.56 bits per heavy atom. The fourth-order valence-electron chi connectivity index (χ4n) is 3.69. The molecular formula is C25H26ClF2N3O3. The van der Waals surface area contributed by atoms with Crippen molar-refractivity contribution in [3.05, 3.63) is 70.9 Å². The van der Waals surface area contributed by atoms with E-state index in [1.165, 1.54) is 30.5 Å². The van der Waals surface area contributed by atoms with Crippen LogP contribution in [0.15, 0.2) is 48.7 Å². The van der Waals surface area contributed by atoms with Crippen molar-refractivity contribution in [3.63, 3.8) is 0 Å². The van der Waals surface area contributed by atoms with E-state index in [2.05, 4.69) is 10.3 Å². The van der Waals surface area contributed by atoms with Crippen molar-refractivity contribution < 1.29 is 23.1 Å². The molecule has 1 heterocycles. The lowest BCUT2D eigenvalue weighted by atomic mass is 9.77. The highest BCUT2D eigenvalue weighted by Gasteiger charge is 2.32. The Balaban J connectivity index is 1.54. The van der Waals surface area contributed by atoms with Crippen LogP contribution in [0.25, 0.3) is 10.8 Å². The van der Waals surface area contributed by atoms with Gasteiger partial charge in [0.1, 0.15) is 23.2 Å². The standard InChI is InChI=1S/C25H26ClF2N3O3/c1-25(8-10-29,22(32)7-4-16-2-5-20(28)14-21(16)26)9-11-34-24(33)31-23-13-18-12-19(27)6-3-17(18)15-30-23/h2-3,5-6,12-15H,4,7-11,29H2,1H3,(H,30,31,33). The van der Waals surface area contributed by atoms with E-state index in [0.717, 1.165) is 5.39 Å². The van der Waals surface area contributed by atoms with Gasteiger partial charge in [0.25, 0.3) is 0 Å². The largest absolute Gasteiger partial charge is 0.449 e. The van der Waals surface area contributed by atoms with E-state index in [1.54, 1.807) is 25.1 Å². The molecule has 1 aromatic heterocycles. The molecule has 180 valence electrons. The number of benzene rings is 2. The lowest BCUT2D eigenvalue weighted by molar-refractivity contribution is -0.129. The Kier molecular flexibility index (Phi) is 8.52. The average Bonchev–Trinajstić information content (AvgIpc) is 2.78. The first-order chi connectivity index (χ1) is 16.2. The predicted octanol–water partition coefficient (Wildman–Crippen LogP) is 5.66. The number of nitrogens with two attached hydrogens (primary N) is 1. The number of ether oxygens (including phenoxy) is 1. The summed E-state index contributed by atoms with van der Waals surface area (Å²) in [5, 5.41) is 4.11. The molecule has 0 aliphatic rings. The summed E-state index contributed by atoms with van der Waals surface area (Å²) in [6.07, 6.45) is 2.06. The first-order valence-corrected chi connectivity index (χ1v) is 11.2. The van der Waals surface area contributed by atoms with Crippen LogP contribution in [-0.4, -0.2) is 30.0 Å². The van der Waals surface area contributed by atoms with Crippen LogP contribution in [0.4, 0.5) is 19.4 Å². The minimum Gasteiger partial charge on any atom is -0.449 e. The monoisotopic (exact) mass is 489 g/mol. The average molecular weight is 490 g/mol. The molecular weight excluding hydrogens is 464 g/mol. The number of ketones is 1. The quantitative estimate of drug-likeness (QED) is 0.383. The van der Waals surface area contributed by atoms with E-state index in [1.807, 2.05) is 0 Å². The van der Waals surface area contributed by atoms with Crippen LogP contribution >= 0.6 is 11.6 Å². The van der Waals surface area contributed by atoms with Crippen molar-refractivity contribution in [2.75, 3.05) is 18.5 Å². The normalized spacial score (nSPS) is 12.9. The third-order valence-corrected chi connectivity index (χ3v) is 6.16. The number of carbonyl (C=O) groups excluding carboxylic acids is 2. The van der Waals surface area contributed by atoms with Gasteiger partial charge in [0.2, 0.25) is 0 Å². The number of hydrogen-bond acceptors (Lipinski definition) is 5. The van der Waals surface area contributed by atoms with Gasteiger partial charge in [0.05, 0.1) is 6.61 Å². The van der Waals surface area contributed by atoms with Gasteiger partial charge in [0, 0.05) is 28.4 Å². The van der Waals surface area contributed by atoms with Gasteiger partial charge >= 0.3 is 6.09 Å². The van der Waals surface area contributed by atoms with Crippen molar-refractivity contribution in [1.82, 2.24) is 4.98 Å². The van der Waals surface area contributed by atoms with Crippen molar-refractivity contribution >= 4 is 40.1 Å². The number of amides is 1. The molecule has 0 saturated heterocycles. The lowest BCUT2D eigenvalue weighted by Gasteiger charge is -2.27. The summed E-state index contributed by atoms with van der Waals surface area (Å²) >= 11 is 6.05. The second-order valence-electron chi connectivity index (χ2n) is 8.33. The van der Waals surface area contributed by atoms with E-state index >= 15 is 0 Å². The molecule has 1 unspecified atom stereocenters. The van der Waals surface area contributed by atoms with Crippen LogP contribution in [0.1, 0.15) is 31.7 Å². The second kappa shape index (κ2) is 11.4. The molecule has 34 heavy (non-hydrogen) atoms. The van der Waals surface area contributed by atoms with E-state index in [9.17, 15) is 18.4 Å². The number of pyridine rings is 1. The van der Waals surface area contributed by atoms with Gasteiger partial charge in [-0.05, 0) is 73.2 Å². The number of fused-ring (bicyclic) bond motifs is 1. The topological polar surface area (TPSA) is 94.3 Å². The molecule has 3 rings (SSSR count). The summed E-state index contributed by atoms with van der Waals surface area (Å²) in [5.74, 6) is -0.645. The number of Topliss-reactive ketones (excluding diaryl/α,β-unsaturated/α-hetero) is 1. The number of aromatic nitrogens is 1. The summed E-state index contributed by atoms with van der Waals surface area (Å²) in [7, 11) is 0. The fourth-order valence-corrected chi connectivity index (χ4v) is 3.95. The SMILES string of the molecule is CC(CCN)(CCOC(=O)Nc1cc2cc(F)ccc2cn1)C(=O)CCc1ccc(F)cc1Cl. The maximum absolute atomic E-state index is 13.4. The number of hydrogen-bond donors (Lipinski definition) is 2. The summed E-state index contributed by atoms with van der Waals surface area (Å²) in [6.45, 7) is 2.08. The van der Waals surface area contributed by atoms with Gasteiger partial charge in [-0.1, -0.05) is 24.6 Å². The summed E-state index contributed by atoms with van der Waals surface area (Å²) < 4.78 is 31.9. The zero-order valence-corrected chi connectivity index (χ0v) is 19.5. The Labute approximate surface area is 201 Å². The number of nitrogens with one attached hydrogen (secondary N) is 1. The molecule has 0 fully saturated rings. The van der Waals surface area contributed by atoms with Crippen molar-refractivity contribution in [1.29, 1.82) is 0 Å². The van der Waals surface area contributed by atoms with Gasteiger partial charge in [0.15, 0.2) is 0 Å². The molecule has 0 aliphatic carbocycles. The van der Waals surface area contributed by atoms with E-state index < -0.39 is 23.1 Å². The molecule has 0 bridgehead atoms. The van der Waals surface area contributed by atoms with E-state index in [-0.39, 0.29) is 36.1 Å². The highest BCUT2D eigenvalue weighted by atomic mass is 35.5. The van der Waals surface area contributed by atoms with Gasteiger partial charge in [-0.3, -0.25) is 10.1 Å². The first-order valence-electron chi connectivity index (χ1n) is 10.9. The highest BCUT2D eigenvalue weighted by molar-refractivity contribution is 6.31. The molecule has 3 N–H and O–H groups in total. The van der Waals surface area contributed by atoms with E-state index in [0.29, 0.717) is 30.3 Å². The predicted molar refractivity (Wildman–Crippen MR) is 128 cm³/mol. The van der Waals surface area contributed by atoms with Crippen molar-refractivity contribution in [3.8, 4) is 0 Å². The van der Waals surface area contributed by atoms with E-state index in [4.69, 9.17) is 22.1 Å². The van der Waals surface area contributed by atoms with Crippen LogP contribution in [-0.2, 0) is 16.0 Å². The lowest BCUT2D eigenvalue weighted by Crippen LogP contribution is -2.33. The second-order valence-corrected chi connectivity index (χ2v) is 8.74. The van der Waals surface area contributed by atoms with Gasteiger partial charge in [-0.25, -0.2) is 18.6 Å². The Morgan fingerprint density at radius 1 is 1.09 bits per heavy atom. The molecule has 1 amide bonds. The van der Waals surface area contributed by atoms with Crippen molar-refractivity contribution in [2.45, 2.75) is 32.6 Å². The first kappa shape index (κ1) is 25.5. The number of nitrogens with zero attached hydrogens (tertiary/aromatic N) is 1. The highest BCUT2D eigenvalue weighted by Crippen LogP contribution is 2.30. The minimum atomic E-state index is -0.791. The third kappa shape index (κ3) is 6.71. The number of rotatable bonds is 10. The van der Waals surface area contributed by atoms with Gasteiger partial charge in [-0.15, -0.1) is 0 Å². The number of halogens is 3. The molecule has 0 spiro atoms. The van der Waals surface area contributed by atoms with Gasteiger partial charge < -0.3 is 10.5 Å². The number of anilines is 1. The third-order valence-electron chi connectivity index (χ3n) is 5.81.